The van der Waals surface area contributed by atoms with Crippen LogP contribution >= 0.6 is 15.9 Å². The molecule has 1 nitrogen and oxygen atoms in total. The molecule has 0 atom stereocenters. The van der Waals surface area contributed by atoms with Gasteiger partial charge >= 0.3 is 0 Å². The highest BCUT2D eigenvalue weighted by Gasteiger charge is 2.08. The number of halogens is 3. The van der Waals surface area contributed by atoms with Crippen LogP contribution in [0.3, 0.4) is 0 Å². The Bertz CT molecular complexity index is 384. The average molecular weight is 258 g/mol. The summed E-state index contributed by atoms with van der Waals surface area (Å²) < 4.78 is 26.1. The van der Waals surface area contributed by atoms with Crippen LogP contribution in [-0.4, -0.2) is 5.33 Å². The van der Waals surface area contributed by atoms with Crippen LogP contribution in [0.2, 0.25) is 0 Å². The zero-order valence-electron chi connectivity index (χ0n) is 7.10. The van der Waals surface area contributed by atoms with Crippen molar-refractivity contribution in [2.45, 2.75) is 0 Å². The molecule has 0 bridgehead atoms. The molecule has 0 unspecified atom stereocenters. The molecule has 1 aromatic carbocycles. The number of hydrogen-bond donors (Lipinski definition) is 0. The molecule has 0 aromatic heterocycles. The highest BCUT2D eigenvalue weighted by atomic mass is 79.9. The number of nitrogens with zero attached hydrogens (tertiary/aromatic N) is 1. The van der Waals surface area contributed by atoms with E-state index >= 15 is 0 Å². The van der Waals surface area contributed by atoms with Gasteiger partial charge in [-0.2, -0.15) is 5.26 Å². The highest BCUT2D eigenvalue weighted by molar-refractivity contribution is 9.09. The van der Waals surface area contributed by atoms with E-state index in [1.54, 1.807) is 12.2 Å². The van der Waals surface area contributed by atoms with Crippen LogP contribution in [0.15, 0.2) is 18.2 Å². The van der Waals surface area contributed by atoms with Crippen LogP contribution < -0.4 is 0 Å². The third-order valence-corrected chi connectivity index (χ3v) is 1.95. The Kier molecular flexibility index (Phi) is 3.78. The van der Waals surface area contributed by atoms with Gasteiger partial charge in [-0.1, -0.05) is 28.1 Å². The molecule has 0 heterocycles. The Balaban J connectivity index is 3.16. The van der Waals surface area contributed by atoms with Gasteiger partial charge in [0.2, 0.25) is 0 Å². The molecule has 0 saturated heterocycles. The molecule has 0 amide bonds. The molecule has 0 aliphatic carbocycles. The van der Waals surface area contributed by atoms with Gasteiger partial charge in [-0.3, -0.25) is 0 Å². The number of alkyl halides is 1. The molecule has 0 fully saturated rings. The third kappa shape index (κ3) is 2.39. The minimum Gasteiger partial charge on any atom is -0.205 e. The highest BCUT2D eigenvalue weighted by Crippen LogP contribution is 2.15. The van der Waals surface area contributed by atoms with E-state index in [0.29, 0.717) is 10.9 Å². The third-order valence-electron chi connectivity index (χ3n) is 1.58. The van der Waals surface area contributed by atoms with Crippen LogP contribution in [0, 0.1) is 23.0 Å². The second-order valence-corrected chi connectivity index (χ2v) is 3.18. The molecule has 0 N–H and O–H groups in total. The van der Waals surface area contributed by atoms with E-state index in [-0.39, 0.29) is 0 Å². The van der Waals surface area contributed by atoms with Crippen molar-refractivity contribution < 1.29 is 8.78 Å². The molecule has 0 radical (unpaired) electrons. The van der Waals surface area contributed by atoms with E-state index in [1.165, 1.54) is 6.07 Å². The van der Waals surface area contributed by atoms with Gasteiger partial charge in [0.25, 0.3) is 0 Å². The van der Waals surface area contributed by atoms with Crippen molar-refractivity contribution in [3.8, 4) is 6.07 Å². The monoisotopic (exact) mass is 257 g/mol. The first-order chi connectivity index (χ1) is 6.69. The summed E-state index contributed by atoms with van der Waals surface area (Å²) in [4.78, 5) is 0. The summed E-state index contributed by atoms with van der Waals surface area (Å²) in [6, 6.07) is 3.72. The fourth-order valence-corrected chi connectivity index (χ4v) is 1.16. The Labute approximate surface area is 88.8 Å². The van der Waals surface area contributed by atoms with Crippen molar-refractivity contribution in [3.05, 3.63) is 41.0 Å². The summed E-state index contributed by atoms with van der Waals surface area (Å²) in [5, 5.41) is 9.02. The molecule has 0 saturated carbocycles. The van der Waals surface area contributed by atoms with Crippen molar-refractivity contribution in [3.63, 3.8) is 0 Å². The molecular weight excluding hydrogens is 252 g/mol. The Hall–Kier alpha value is -1.21. The van der Waals surface area contributed by atoms with Crippen molar-refractivity contribution in [1.82, 2.24) is 0 Å². The maximum atomic E-state index is 13.0. The zero-order chi connectivity index (χ0) is 10.6. The molecule has 14 heavy (non-hydrogen) atoms. The molecule has 0 spiro atoms. The SMILES string of the molecule is N#Cc1c(F)cc(C=CCBr)cc1F. The molecule has 72 valence electrons. The summed E-state index contributed by atoms with van der Waals surface area (Å²) >= 11 is 3.15. The maximum absolute atomic E-state index is 13.0. The van der Waals surface area contributed by atoms with Crippen LogP contribution in [0.25, 0.3) is 6.08 Å². The summed E-state index contributed by atoms with van der Waals surface area (Å²) in [6.07, 6.45) is 3.28. The lowest BCUT2D eigenvalue weighted by Gasteiger charge is -1.98. The molecule has 1 aromatic rings. The summed E-state index contributed by atoms with van der Waals surface area (Å²) in [5.41, 5.74) is -0.139. The smallest absolute Gasteiger partial charge is 0.144 e. The number of rotatable bonds is 2. The van der Waals surface area contributed by atoms with Gasteiger partial charge in [-0.05, 0) is 17.7 Å². The van der Waals surface area contributed by atoms with Crippen LogP contribution in [0.4, 0.5) is 8.78 Å². The van der Waals surface area contributed by atoms with Crippen molar-refractivity contribution in [1.29, 1.82) is 5.26 Å². The standard InChI is InChI=1S/C10H6BrF2N/c11-3-1-2-7-4-9(12)8(6-14)10(13)5-7/h1-2,4-5H,3H2. The van der Waals surface area contributed by atoms with Crippen molar-refractivity contribution in [2.24, 2.45) is 0 Å². The van der Waals surface area contributed by atoms with Gasteiger partial charge in [0.1, 0.15) is 23.3 Å². The molecule has 1 rings (SSSR count). The quantitative estimate of drug-likeness (QED) is 0.747. The topological polar surface area (TPSA) is 23.8 Å². The minimum atomic E-state index is -0.832. The Morgan fingerprint density at radius 1 is 1.36 bits per heavy atom. The average Bonchev–Trinajstić information content (AvgIpc) is 2.14. The lowest BCUT2D eigenvalue weighted by molar-refractivity contribution is 0.576. The summed E-state index contributed by atoms with van der Waals surface area (Å²) in [6.45, 7) is 0. The van der Waals surface area contributed by atoms with E-state index in [2.05, 4.69) is 15.9 Å². The second-order valence-electron chi connectivity index (χ2n) is 2.53. The van der Waals surface area contributed by atoms with Crippen LogP contribution in [0.5, 0.6) is 0 Å². The van der Waals surface area contributed by atoms with Crippen molar-refractivity contribution >= 4 is 22.0 Å². The second kappa shape index (κ2) is 4.87. The zero-order valence-corrected chi connectivity index (χ0v) is 8.68. The first-order valence-electron chi connectivity index (χ1n) is 3.80. The normalized spacial score (nSPS) is 10.4. The Morgan fingerprint density at radius 3 is 2.36 bits per heavy atom. The lowest BCUT2D eigenvalue weighted by atomic mass is 10.1. The van der Waals surface area contributed by atoms with Gasteiger partial charge in [-0.15, -0.1) is 0 Å². The first kappa shape index (κ1) is 10.9. The van der Waals surface area contributed by atoms with E-state index in [0.717, 1.165) is 12.1 Å². The van der Waals surface area contributed by atoms with Gasteiger partial charge in [-0.25, -0.2) is 8.78 Å². The van der Waals surface area contributed by atoms with E-state index in [1.807, 2.05) is 0 Å². The predicted octanol–water partition coefficient (Wildman–Crippen LogP) is 3.24. The molecular formula is C10H6BrF2N. The van der Waals surface area contributed by atoms with E-state index in [9.17, 15) is 8.78 Å². The van der Waals surface area contributed by atoms with Gasteiger partial charge < -0.3 is 0 Å². The van der Waals surface area contributed by atoms with Gasteiger partial charge in [0.15, 0.2) is 0 Å². The maximum Gasteiger partial charge on any atom is 0.144 e. The van der Waals surface area contributed by atoms with Crippen LogP contribution in [-0.2, 0) is 0 Å². The largest absolute Gasteiger partial charge is 0.205 e. The lowest BCUT2D eigenvalue weighted by Crippen LogP contribution is -1.91. The van der Waals surface area contributed by atoms with Crippen molar-refractivity contribution in [2.75, 3.05) is 5.33 Å². The molecule has 0 aliphatic heterocycles. The molecule has 4 heteroatoms. The number of benzene rings is 1. The minimum absolute atomic E-state index is 0.401. The van der Waals surface area contributed by atoms with Gasteiger partial charge in [0, 0.05) is 5.33 Å². The summed E-state index contributed by atoms with van der Waals surface area (Å²) in [7, 11) is 0. The summed E-state index contributed by atoms with van der Waals surface area (Å²) in [5.74, 6) is -1.66. The van der Waals surface area contributed by atoms with Gasteiger partial charge in [0.05, 0.1) is 0 Å². The number of nitriles is 1. The first-order valence-corrected chi connectivity index (χ1v) is 4.93. The fourth-order valence-electron chi connectivity index (χ4n) is 0.976. The Morgan fingerprint density at radius 2 is 1.93 bits per heavy atom. The predicted molar refractivity (Wildman–Crippen MR) is 53.9 cm³/mol. The number of allylic oxidation sites excluding steroid dienone is 1. The van der Waals surface area contributed by atoms with Crippen LogP contribution in [0.1, 0.15) is 11.1 Å². The fraction of sp³-hybridized carbons (Fsp3) is 0.100. The number of hydrogen-bond acceptors (Lipinski definition) is 1. The molecule has 0 aliphatic rings. The van der Waals surface area contributed by atoms with E-state index in [4.69, 9.17) is 5.26 Å². The van der Waals surface area contributed by atoms with E-state index < -0.39 is 17.2 Å².